The van der Waals surface area contributed by atoms with Crippen LogP contribution in [0.15, 0.2) is 47.4 Å². The van der Waals surface area contributed by atoms with Gasteiger partial charge in [0.1, 0.15) is 19.0 Å². The van der Waals surface area contributed by atoms with E-state index in [9.17, 15) is 13.2 Å². The van der Waals surface area contributed by atoms with Gasteiger partial charge in [0.15, 0.2) is 11.5 Å². The average molecular weight is 392 g/mol. The fourth-order valence-corrected chi connectivity index (χ4v) is 3.52. The number of sulfonamides is 1. The lowest BCUT2D eigenvalue weighted by atomic mass is 10.2. The molecule has 0 aliphatic carbocycles. The van der Waals surface area contributed by atoms with E-state index in [4.69, 9.17) is 14.2 Å². The van der Waals surface area contributed by atoms with Crippen molar-refractivity contribution in [1.29, 1.82) is 0 Å². The van der Waals surface area contributed by atoms with E-state index in [0.29, 0.717) is 36.0 Å². The molecule has 27 heavy (non-hydrogen) atoms. The highest BCUT2D eigenvalue weighted by Crippen LogP contribution is 2.30. The molecule has 0 atom stereocenters. The first kappa shape index (κ1) is 19.0. The van der Waals surface area contributed by atoms with Crippen LogP contribution in [0.4, 0.5) is 0 Å². The summed E-state index contributed by atoms with van der Waals surface area (Å²) in [5.41, 5.74) is 0.414. The Morgan fingerprint density at radius 3 is 2.44 bits per heavy atom. The molecule has 0 aromatic heterocycles. The molecule has 0 spiro atoms. The van der Waals surface area contributed by atoms with Crippen molar-refractivity contribution in [3.63, 3.8) is 0 Å². The van der Waals surface area contributed by atoms with E-state index >= 15 is 0 Å². The number of rotatable bonds is 7. The Hall–Kier alpha value is -2.78. The summed E-state index contributed by atoms with van der Waals surface area (Å²) in [5.74, 6) is 1.37. The monoisotopic (exact) mass is 392 g/mol. The van der Waals surface area contributed by atoms with Crippen molar-refractivity contribution in [1.82, 2.24) is 10.0 Å². The van der Waals surface area contributed by atoms with Gasteiger partial charge in [-0.15, -0.1) is 0 Å². The van der Waals surface area contributed by atoms with Crippen LogP contribution in [0.1, 0.15) is 10.4 Å². The Morgan fingerprint density at radius 1 is 1.04 bits per heavy atom. The molecule has 1 amide bonds. The molecular formula is C18H20N2O6S. The molecule has 8 nitrogen and oxygen atoms in total. The number of nitrogens with one attached hydrogen (secondary N) is 2. The molecular weight excluding hydrogens is 372 g/mol. The normalized spacial score (nSPS) is 13.1. The second-order valence-corrected chi connectivity index (χ2v) is 7.45. The zero-order valence-electron chi connectivity index (χ0n) is 14.7. The van der Waals surface area contributed by atoms with Crippen LogP contribution in [0.25, 0.3) is 0 Å². The summed E-state index contributed by atoms with van der Waals surface area (Å²) in [4.78, 5) is 12.3. The van der Waals surface area contributed by atoms with E-state index in [1.807, 2.05) is 0 Å². The fraction of sp³-hybridized carbons (Fsp3) is 0.278. The summed E-state index contributed by atoms with van der Waals surface area (Å²) in [5, 5.41) is 2.67. The number of ether oxygens (including phenoxy) is 3. The van der Waals surface area contributed by atoms with Crippen molar-refractivity contribution in [2.45, 2.75) is 4.90 Å². The van der Waals surface area contributed by atoms with Crippen LogP contribution in [0.5, 0.6) is 17.2 Å². The van der Waals surface area contributed by atoms with Crippen LogP contribution in [-0.4, -0.2) is 47.7 Å². The Morgan fingerprint density at radius 2 is 1.74 bits per heavy atom. The van der Waals surface area contributed by atoms with Crippen LogP contribution in [0.2, 0.25) is 0 Å². The average Bonchev–Trinajstić information content (AvgIpc) is 2.70. The van der Waals surface area contributed by atoms with Crippen LogP contribution in [0.3, 0.4) is 0 Å². The highest BCUT2D eigenvalue weighted by atomic mass is 32.2. The lowest BCUT2D eigenvalue weighted by molar-refractivity contribution is 0.0953. The Labute approximate surface area is 157 Å². The number of carbonyl (C=O) groups is 1. The molecule has 2 N–H and O–H groups in total. The van der Waals surface area contributed by atoms with Crippen molar-refractivity contribution < 1.29 is 27.4 Å². The molecule has 2 aromatic rings. The number of carbonyl (C=O) groups excluding carboxylic acids is 1. The Bertz CT molecular complexity index is 912. The summed E-state index contributed by atoms with van der Waals surface area (Å²) in [6.07, 6.45) is 0. The molecule has 0 bridgehead atoms. The zero-order valence-corrected chi connectivity index (χ0v) is 15.5. The molecule has 9 heteroatoms. The van der Waals surface area contributed by atoms with Gasteiger partial charge < -0.3 is 19.5 Å². The number of amides is 1. The summed E-state index contributed by atoms with van der Waals surface area (Å²) in [6, 6.07) is 11.0. The third-order valence-electron chi connectivity index (χ3n) is 3.88. The maximum absolute atomic E-state index is 12.2. The number of hydrogen-bond acceptors (Lipinski definition) is 6. The van der Waals surface area contributed by atoms with Gasteiger partial charge in [0.05, 0.1) is 12.0 Å². The van der Waals surface area contributed by atoms with E-state index in [0.717, 1.165) is 0 Å². The zero-order chi connectivity index (χ0) is 19.3. The third-order valence-corrected chi connectivity index (χ3v) is 5.35. The SMILES string of the molecule is COc1ccc(S(=O)(=O)NCCNC(=O)c2ccc3c(c2)OCCO3)cc1. The summed E-state index contributed by atoms with van der Waals surface area (Å²) in [6.45, 7) is 1.12. The molecule has 0 fully saturated rings. The van der Waals surface area contributed by atoms with Crippen molar-refractivity contribution in [3.05, 3.63) is 48.0 Å². The van der Waals surface area contributed by atoms with Crippen molar-refractivity contribution in [2.24, 2.45) is 0 Å². The van der Waals surface area contributed by atoms with Gasteiger partial charge >= 0.3 is 0 Å². The minimum absolute atomic E-state index is 0.0602. The van der Waals surface area contributed by atoms with Crippen molar-refractivity contribution in [2.75, 3.05) is 33.4 Å². The van der Waals surface area contributed by atoms with E-state index in [2.05, 4.69) is 10.0 Å². The van der Waals surface area contributed by atoms with Gasteiger partial charge in [0, 0.05) is 18.7 Å². The molecule has 0 saturated heterocycles. The lowest BCUT2D eigenvalue weighted by Crippen LogP contribution is -2.34. The summed E-state index contributed by atoms with van der Waals surface area (Å²) in [7, 11) is -2.15. The maximum atomic E-state index is 12.2. The number of hydrogen-bond donors (Lipinski definition) is 2. The first-order chi connectivity index (χ1) is 13.0. The van der Waals surface area contributed by atoms with E-state index in [1.54, 1.807) is 30.3 Å². The van der Waals surface area contributed by atoms with E-state index in [-0.39, 0.29) is 23.9 Å². The second-order valence-electron chi connectivity index (χ2n) is 5.69. The quantitative estimate of drug-likeness (QED) is 0.686. The maximum Gasteiger partial charge on any atom is 0.251 e. The second kappa shape index (κ2) is 8.28. The molecule has 144 valence electrons. The predicted octanol–water partition coefficient (Wildman–Crippen LogP) is 1.17. The molecule has 1 aliphatic rings. The predicted molar refractivity (Wildman–Crippen MR) is 97.9 cm³/mol. The van der Waals surface area contributed by atoms with Crippen LogP contribution in [0, 0.1) is 0 Å². The van der Waals surface area contributed by atoms with Crippen LogP contribution < -0.4 is 24.2 Å². The van der Waals surface area contributed by atoms with Crippen molar-refractivity contribution >= 4 is 15.9 Å². The summed E-state index contributed by atoms with van der Waals surface area (Å²) < 4.78 is 42.7. The lowest BCUT2D eigenvalue weighted by Gasteiger charge is -2.18. The molecule has 1 aliphatic heterocycles. The van der Waals surface area contributed by atoms with E-state index < -0.39 is 10.0 Å². The Balaban J connectivity index is 1.51. The number of methoxy groups -OCH3 is 1. The molecule has 0 radical (unpaired) electrons. The molecule has 1 heterocycles. The first-order valence-electron chi connectivity index (χ1n) is 8.31. The third kappa shape index (κ3) is 4.69. The topological polar surface area (TPSA) is 103 Å². The van der Waals surface area contributed by atoms with Gasteiger partial charge in [0.2, 0.25) is 10.0 Å². The van der Waals surface area contributed by atoms with Gasteiger partial charge in [-0.2, -0.15) is 0 Å². The minimum Gasteiger partial charge on any atom is -0.497 e. The highest BCUT2D eigenvalue weighted by molar-refractivity contribution is 7.89. The number of fused-ring (bicyclic) bond motifs is 1. The molecule has 0 saturated carbocycles. The van der Waals surface area contributed by atoms with Crippen LogP contribution in [-0.2, 0) is 10.0 Å². The molecule has 3 rings (SSSR count). The smallest absolute Gasteiger partial charge is 0.251 e. The standard InChI is InChI=1S/C18H20N2O6S/c1-24-14-3-5-15(6-4-14)27(22,23)20-9-8-19-18(21)13-2-7-16-17(12-13)26-11-10-25-16/h2-7,12,20H,8-11H2,1H3,(H,19,21). The van der Waals surface area contributed by atoms with Gasteiger partial charge in [-0.05, 0) is 42.5 Å². The first-order valence-corrected chi connectivity index (χ1v) is 9.79. The number of benzene rings is 2. The van der Waals surface area contributed by atoms with Gasteiger partial charge in [0.25, 0.3) is 5.91 Å². The fourth-order valence-electron chi connectivity index (χ4n) is 2.49. The molecule has 0 unspecified atom stereocenters. The van der Waals surface area contributed by atoms with Crippen LogP contribution >= 0.6 is 0 Å². The van der Waals surface area contributed by atoms with Crippen molar-refractivity contribution in [3.8, 4) is 17.2 Å². The Kier molecular flexibility index (Phi) is 5.82. The van der Waals surface area contributed by atoms with E-state index in [1.165, 1.54) is 19.2 Å². The van der Waals surface area contributed by atoms with Gasteiger partial charge in [-0.1, -0.05) is 0 Å². The highest BCUT2D eigenvalue weighted by Gasteiger charge is 2.16. The van der Waals surface area contributed by atoms with Gasteiger partial charge in [-0.3, -0.25) is 4.79 Å². The molecule has 2 aromatic carbocycles. The van der Waals surface area contributed by atoms with Gasteiger partial charge in [-0.25, -0.2) is 13.1 Å². The summed E-state index contributed by atoms with van der Waals surface area (Å²) >= 11 is 0. The largest absolute Gasteiger partial charge is 0.497 e. The minimum atomic E-state index is -3.65.